The molecule has 122 valence electrons. The van der Waals surface area contributed by atoms with E-state index in [1.54, 1.807) is 13.0 Å². The van der Waals surface area contributed by atoms with Gasteiger partial charge < -0.3 is 4.74 Å². The molecule has 0 unspecified atom stereocenters. The van der Waals surface area contributed by atoms with Gasteiger partial charge in [0.05, 0.1) is 28.3 Å². The van der Waals surface area contributed by atoms with Crippen molar-refractivity contribution < 1.29 is 17.9 Å². The van der Waals surface area contributed by atoms with Crippen molar-refractivity contribution in [1.29, 1.82) is 0 Å². The first-order valence-corrected chi connectivity index (χ1v) is 8.65. The van der Waals surface area contributed by atoms with Crippen molar-refractivity contribution in [2.45, 2.75) is 11.8 Å². The van der Waals surface area contributed by atoms with Crippen LogP contribution < -0.4 is 4.72 Å². The van der Waals surface area contributed by atoms with E-state index in [0.717, 1.165) is 5.56 Å². The Bertz CT molecular complexity index is 866. The van der Waals surface area contributed by atoms with E-state index in [0.29, 0.717) is 5.02 Å². The number of rotatable bonds is 4. The zero-order valence-electron chi connectivity index (χ0n) is 12.3. The Morgan fingerprint density at radius 1 is 1.09 bits per heavy atom. The van der Waals surface area contributed by atoms with Gasteiger partial charge in [0.25, 0.3) is 10.0 Å². The van der Waals surface area contributed by atoms with Crippen molar-refractivity contribution in [3.8, 4) is 0 Å². The van der Waals surface area contributed by atoms with Crippen LogP contribution in [0.4, 0.5) is 5.69 Å². The summed E-state index contributed by atoms with van der Waals surface area (Å²) in [6.45, 7) is 1.77. The van der Waals surface area contributed by atoms with Gasteiger partial charge in [0, 0.05) is 5.02 Å². The highest BCUT2D eigenvalue weighted by molar-refractivity contribution is 7.92. The fourth-order valence-electron chi connectivity index (χ4n) is 1.79. The number of benzene rings is 2. The zero-order chi connectivity index (χ0) is 17.2. The van der Waals surface area contributed by atoms with Gasteiger partial charge in [-0.15, -0.1) is 0 Å². The molecule has 8 heteroatoms. The first-order chi connectivity index (χ1) is 10.7. The number of aryl methyl sites for hydroxylation is 1. The average Bonchev–Trinajstić information content (AvgIpc) is 2.51. The number of carbonyl (C=O) groups excluding carboxylic acids is 1. The van der Waals surface area contributed by atoms with E-state index >= 15 is 0 Å². The lowest BCUT2D eigenvalue weighted by molar-refractivity contribution is 0.0601. The standard InChI is InChI=1S/C15H13Cl2NO4S/c1-9-3-5-11(8-13(9)17)23(20,21)18-14-7-10(15(19)22-2)4-6-12(14)16/h3-8,18H,1-2H3. The summed E-state index contributed by atoms with van der Waals surface area (Å²) < 4.78 is 31.8. The van der Waals surface area contributed by atoms with Gasteiger partial charge >= 0.3 is 5.97 Å². The fourth-order valence-corrected chi connectivity index (χ4v) is 3.36. The summed E-state index contributed by atoms with van der Waals surface area (Å²) in [5.41, 5.74) is 1.01. The van der Waals surface area contributed by atoms with Crippen LogP contribution in [0.3, 0.4) is 0 Å². The van der Waals surface area contributed by atoms with Crippen LogP contribution in [0.1, 0.15) is 15.9 Å². The van der Waals surface area contributed by atoms with E-state index in [-0.39, 0.29) is 21.2 Å². The average molecular weight is 374 g/mol. The summed E-state index contributed by atoms with van der Waals surface area (Å²) in [5, 5.41) is 0.488. The summed E-state index contributed by atoms with van der Waals surface area (Å²) in [7, 11) is -2.66. The molecule has 0 bridgehead atoms. The topological polar surface area (TPSA) is 72.5 Å². The lowest BCUT2D eigenvalue weighted by Gasteiger charge is -2.11. The van der Waals surface area contributed by atoms with Crippen LogP contribution in [0, 0.1) is 6.92 Å². The first kappa shape index (κ1) is 17.6. The van der Waals surface area contributed by atoms with Crippen LogP contribution in [-0.4, -0.2) is 21.5 Å². The number of hydrogen-bond donors (Lipinski definition) is 1. The van der Waals surface area contributed by atoms with E-state index in [4.69, 9.17) is 23.2 Å². The molecule has 0 radical (unpaired) electrons. The molecule has 2 rings (SSSR count). The highest BCUT2D eigenvalue weighted by Crippen LogP contribution is 2.27. The van der Waals surface area contributed by atoms with Gasteiger partial charge in [-0.1, -0.05) is 29.3 Å². The SMILES string of the molecule is COC(=O)c1ccc(Cl)c(NS(=O)(=O)c2ccc(C)c(Cl)c2)c1. The van der Waals surface area contributed by atoms with E-state index in [1.807, 2.05) is 0 Å². The first-order valence-electron chi connectivity index (χ1n) is 6.41. The minimum atomic E-state index is -3.90. The van der Waals surface area contributed by atoms with Crippen molar-refractivity contribution in [2.75, 3.05) is 11.8 Å². The Labute approximate surface area is 144 Å². The minimum Gasteiger partial charge on any atom is -0.465 e. The third kappa shape index (κ3) is 3.96. The Hall–Kier alpha value is -1.76. The molecular formula is C15H13Cl2NO4S. The summed E-state index contributed by atoms with van der Waals surface area (Å²) in [4.78, 5) is 11.5. The largest absolute Gasteiger partial charge is 0.465 e. The van der Waals surface area contributed by atoms with Crippen LogP contribution in [-0.2, 0) is 14.8 Å². The highest BCUT2D eigenvalue weighted by Gasteiger charge is 2.18. The molecule has 0 aliphatic heterocycles. The number of anilines is 1. The number of hydrogen-bond acceptors (Lipinski definition) is 4. The van der Waals surface area contributed by atoms with Crippen LogP contribution in [0.15, 0.2) is 41.3 Å². The maximum absolute atomic E-state index is 12.4. The molecule has 0 saturated carbocycles. The molecule has 1 N–H and O–H groups in total. The Morgan fingerprint density at radius 3 is 2.39 bits per heavy atom. The molecule has 0 fully saturated rings. The quantitative estimate of drug-likeness (QED) is 0.825. The van der Waals surface area contributed by atoms with E-state index < -0.39 is 16.0 Å². The summed E-state index contributed by atoms with van der Waals surface area (Å²) in [6, 6.07) is 8.53. The summed E-state index contributed by atoms with van der Waals surface area (Å²) >= 11 is 11.9. The molecule has 0 heterocycles. The van der Waals surface area contributed by atoms with Crippen LogP contribution in [0.5, 0.6) is 0 Å². The molecule has 2 aromatic carbocycles. The zero-order valence-corrected chi connectivity index (χ0v) is 14.6. The highest BCUT2D eigenvalue weighted by atomic mass is 35.5. The lowest BCUT2D eigenvalue weighted by atomic mass is 10.2. The van der Waals surface area contributed by atoms with Crippen LogP contribution in [0.2, 0.25) is 10.0 Å². The second-order valence-corrected chi connectivity index (χ2v) is 7.20. The van der Waals surface area contributed by atoms with Gasteiger partial charge in [0.2, 0.25) is 0 Å². The second kappa shape index (κ2) is 6.78. The normalized spacial score (nSPS) is 11.1. The van der Waals surface area contributed by atoms with E-state index in [9.17, 15) is 13.2 Å². The monoisotopic (exact) mass is 373 g/mol. The molecule has 0 saturated heterocycles. The smallest absolute Gasteiger partial charge is 0.337 e. The molecule has 2 aromatic rings. The molecule has 5 nitrogen and oxygen atoms in total. The number of esters is 1. The third-order valence-electron chi connectivity index (χ3n) is 3.09. The van der Waals surface area contributed by atoms with Gasteiger partial charge in [-0.2, -0.15) is 0 Å². The molecule has 0 atom stereocenters. The maximum Gasteiger partial charge on any atom is 0.337 e. The van der Waals surface area contributed by atoms with E-state index in [1.165, 1.54) is 37.4 Å². The number of nitrogens with one attached hydrogen (secondary N) is 1. The number of sulfonamides is 1. The molecule has 0 aromatic heterocycles. The molecule has 23 heavy (non-hydrogen) atoms. The Morgan fingerprint density at radius 2 is 1.78 bits per heavy atom. The molecular weight excluding hydrogens is 361 g/mol. The van der Waals surface area contributed by atoms with E-state index in [2.05, 4.69) is 9.46 Å². The molecule has 0 spiro atoms. The lowest BCUT2D eigenvalue weighted by Crippen LogP contribution is -2.14. The van der Waals surface area contributed by atoms with Gasteiger partial charge in [-0.25, -0.2) is 13.2 Å². The molecule has 0 amide bonds. The number of halogens is 2. The van der Waals surface area contributed by atoms with Crippen molar-refractivity contribution in [2.24, 2.45) is 0 Å². The van der Waals surface area contributed by atoms with Crippen LogP contribution in [0.25, 0.3) is 0 Å². The van der Waals surface area contributed by atoms with Crippen LogP contribution >= 0.6 is 23.2 Å². The van der Waals surface area contributed by atoms with Crippen molar-refractivity contribution in [3.05, 3.63) is 57.6 Å². The fraction of sp³-hybridized carbons (Fsp3) is 0.133. The molecule has 0 aliphatic carbocycles. The van der Waals surface area contributed by atoms with Crippen molar-refractivity contribution >= 4 is 44.9 Å². The molecule has 0 aliphatic rings. The summed E-state index contributed by atoms with van der Waals surface area (Å²) in [6.07, 6.45) is 0. The van der Waals surface area contributed by atoms with Gasteiger partial charge in [0.1, 0.15) is 0 Å². The Kier molecular flexibility index (Phi) is 5.19. The van der Waals surface area contributed by atoms with Gasteiger partial charge in [-0.3, -0.25) is 4.72 Å². The van der Waals surface area contributed by atoms with Gasteiger partial charge in [-0.05, 0) is 42.8 Å². The number of ether oxygens (including phenoxy) is 1. The number of methoxy groups -OCH3 is 1. The predicted octanol–water partition coefficient (Wildman–Crippen LogP) is 3.89. The summed E-state index contributed by atoms with van der Waals surface area (Å²) in [5.74, 6) is -0.597. The number of carbonyl (C=O) groups is 1. The maximum atomic E-state index is 12.4. The minimum absolute atomic E-state index is 0.00682. The third-order valence-corrected chi connectivity index (χ3v) is 5.19. The van der Waals surface area contributed by atoms with Crippen molar-refractivity contribution in [3.63, 3.8) is 0 Å². The van der Waals surface area contributed by atoms with Crippen molar-refractivity contribution in [1.82, 2.24) is 0 Å². The second-order valence-electron chi connectivity index (χ2n) is 4.70. The van der Waals surface area contributed by atoms with Gasteiger partial charge in [0.15, 0.2) is 0 Å². The Balaban J connectivity index is 2.40. The predicted molar refractivity (Wildman–Crippen MR) is 89.8 cm³/mol.